The van der Waals surface area contributed by atoms with Gasteiger partial charge in [0, 0.05) is 34.3 Å². The quantitative estimate of drug-likeness (QED) is 0.212. The van der Waals surface area contributed by atoms with Crippen molar-refractivity contribution >= 4 is 50.7 Å². The lowest BCUT2D eigenvalue weighted by Crippen LogP contribution is -2.54. The first-order valence-corrected chi connectivity index (χ1v) is 17.5. The van der Waals surface area contributed by atoms with Crippen molar-refractivity contribution in [3.05, 3.63) is 81.8 Å². The molecule has 1 saturated carbocycles. The standard InChI is InChI=1S/C34H41Cl2N3O6S/c1-5-30(34(41)37-24-10-7-6-8-11-24)38(21-27-28(35)12-9-13-29(27)36)33(40)22-39(25-16-19-31(44-3)32(20-25)45-4)46(42,43)26-17-14-23(2)15-18-26/h9,12-20,24,30H,5-8,10-11,21-22H2,1-4H3,(H,37,41)/t30-/m1/s1. The highest BCUT2D eigenvalue weighted by molar-refractivity contribution is 7.92. The van der Waals surface area contributed by atoms with Gasteiger partial charge in [0.05, 0.1) is 24.8 Å². The van der Waals surface area contributed by atoms with Crippen molar-refractivity contribution in [2.45, 2.75) is 75.9 Å². The van der Waals surface area contributed by atoms with E-state index in [9.17, 15) is 18.0 Å². The third-order valence-electron chi connectivity index (χ3n) is 8.27. The topological polar surface area (TPSA) is 105 Å². The molecule has 0 heterocycles. The number of nitrogens with zero attached hydrogens (tertiary/aromatic N) is 2. The monoisotopic (exact) mass is 689 g/mol. The summed E-state index contributed by atoms with van der Waals surface area (Å²) in [7, 11) is -1.35. The Bertz CT molecular complexity index is 1610. The summed E-state index contributed by atoms with van der Waals surface area (Å²) in [5.74, 6) is -0.225. The number of halogens is 2. The number of aryl methyl sites for hydroxylation is 1. The van der Waals surface area contributed by atoms with E-state index in [2.05, 4.69) is 5.32 Å². The second-order valence-electron chi connectivity index (χ2n) is 11.4. The number of carbonyl (C=O) groups is 2. The Kier molecular flexibility index (Phi) is 12.2. The Hall–Kier alpha value is -3.47. The third kappa shape index (κ3) is 8.27. The van der Waals surface area contributed by atoms with Gasteiger partial charge in [-0.1, -0.05) is 73.2 Å². The van der Waals surface area contributed by atoms with Gasteiger partial charge >= 0.3 is 0 Å². The van der Waals surface area contributed by atoms with Gasteiger partial charge in [0.1, 0.15) is 12.6 Å². The molecule has 0 unspecified atom stereocenters. The van der Waals surface area contributed by atoms with E-state index in [1.165, 1.54) is 37.3 Å². The number of methoxy groups -OCH3 is 2. The van der Waals surface area contributed by atoms with Crippen molar-refractivity contribution in [1.82, 2.24) is 10.2 Å². The summed E-state index contributed by atoms with van der Waals surface area (Å²) in [6, 6.07) is 15.1. The van der Waals surface area contributed by atoms with Gasteiger partial charge in [-0.15, -0.1) is 0 Å². The number of hydrogen-bond acceptors (Lipinski definition) is 6. The minimum atomic E-state index is -4.27. The maximum atomic E-state index is 14.5. The molecule has 4 rings (SSSR count). The highest BCUT2D eigenvalue weighted by atomic mass is 35.5. The van der Waals surface area contributed by atoms with Crippen molar-refractivity contribution in [3.63, 3.8) is 0 Å². The molecule has 2 amide bonds. The molecule has 0 aliphatic heterocycles. The second-order valence-corrected chi connectivity index (χ2v) is 14.0. The van der Waals surface area contributed by atoms with Gasteiger partial charge in [-0.25, -0.2) is 8.42 Å². The summed E-state index contributed by atoms with van der Waals surface area (Å²) in [6.45, 7) is 2.96. The highest BCUT2D eigenvalue weighted by Gasteiger charge is 2.35. The van der Waals surface area contributed by atoms with Crippen LogP contribution in [0.5, 0.6) is 11.5 Å². The van der Waals surface area contributed by atoms with Gasteiger partial charge in [0.15, 0.2) is 11.5 Å². The Morgan fingerprint density at radius 1 is 0.935 bits per heavy atom. The minimum absolute atomic E-state index is 0.00321. The molecule has 0 spiro atoms. The number of carbonyl (C=O) groups excluding carboxylic acids is 2. The maximum Gasteiger partial charge on any atom is 0.264 e. The van der Waals surface area contributed by atoms with Crippen molar-refractivity contribution in [2.75, 3.05) is 25.1 Å². The predicted molar refractivity (Wildman–Crippen MR) is 181 cm³/mol. The lowest BCUT2D eigenvalue weighted by molar-refractivity contribution is -0.140. The summed E-state index contributed by atoms with van der Waals surface area (Å²) in [5.41, 5.74) is 1.52. The normalized spacial score (nSPS) is 14.3. The number of nitrogens with one attached hydrogen (secondary N) is 1. The first-order valence-electron chi connectivity index (χ1n) is 15.3. The molecule has 12 heteroatoms. The maximum absolute atomic E-state index is 14.5. The summed E-state index contributed by atoms with van der Waals surface area (Å²) in [5, 5.41) is 3.79. The van der Waals surface area contributed by atoms with E-state index in [-0.39, 0.29) is 41.2 Å². The van der Waals surface area contributed by atoms with Gasteiger partial charge < -0.3 is 19.7 Å². The second kappa shape index (κ2) is 15.9. The molecule has 0 saturated heterocycles. The Morgan fingerprint density at radius 3 is 2.15 bits per heavy atom. The van der Waals surface area contributed by atoms with Crippen molar-refractivity contribution in [2.24, 2.45) is 0 Å². The van der Waals surface area contributed by atoms with Crippen LogP contribution in [-0.4, -0.2) is 58.0 Å². The molecule has 0 radical (unpaired) electrons. The Labute approximate surface area is 281 Å². The molecule has 1 fully saturated rings. The molecule has 1 aliphatic rings. The average Bonchev–Trinajstić information content (AvgIpc) is 3.05. The highest BCUT2D eigenvalue weighted by Crippen LogP contribution is 2.34. The molecule has 0 bridgehead atoms. The number of rotatable bonds is 13. The molecular formula is C34H41Cl2N3O6S. The lowest BCUT2D eigenvalue weighted by Gasteiger charge is -2.35. The number of hydrogen-bond donors (Lipinski definition) is 1. The first-order chi connectivity index (χ1) is 22.0. The Balaban J connectivity index is 1.78. The molecule has 248 valence electrons. The third-order valence-corrected chi connectivity index (χ3v) is 10.8. The number of benzene rings is 3. The molecule has 9 nitrogen and oxygen atoms in total. The molecule has 3 aromatic rings. The van der Waals surface area contributed by atoms with Gasteiger partial charge in [0.2, 0.25) is 11.8 Å². The fraction of sp³-hybridized carbons (Fsp3) is 0.412. The fourth-order valence-electron chi connectivity index (χ4n) is 5.66. The van der Waals surface area contributed by atoms with E-state index in [4.69, 9.17) is 32.7 Å². The average molecular weight is 691 g/mol. The first kappa shape index (κ1) is 35.4. The zero-order valence-corrected chi connectivity index (χ0v) is 28.9. The predicted octanol–water partition coefficient (Wildman–Crippen LogP) is 6.77. The van der Waals surface area contributed by atoms with Gasteiger partial charge in [-0.05, 0) is 62.6 Å². The van der Waals surface area contributed by atoms with E-state index in [1.807, 2.05) is 13.8 Å². The number of anilines is 1. The summed E-state index contributed by atoms with van der Waals surface area (Å²) in [6.07, 6.45) is 5.20. The van der Waals surface area contributed by atoms with Crippen molar-refractivity contribution < 1.29 is 27.5 Å². The summed E-state index contributed by atoms with van der Waals surface area (Å²) < 4.78 is 40.3. The summed E-state index contributed by atoms with van der Waals surface area (Å²) >= 11 is 13.1. The number of ether oxygens (including phenoxy) is 2. The smallest absolute Gasteiger partial charge is 0.264 e. The van der Waals surface area contributed by atoms with E-state index in [0.29, 0.717) is 21.4 Å². The van der Waals surface area contributed by atoms with Gasteiger partial charge in [-0.2, -0.15) is 0 Å². The summed E-state index contributed by atoms with van der Waals surface area (Å²) in [4.78, 5) is 29.6. The van der Waals surface area contributed by atoms with Crippen LogP contribution in [0.3, 0.4) is 0 Å². The van der Waals surface area contributed by atoms with E-state index in [0.717, 1.165) is 42.0 Å². The molecule has 0 aromatic heterocycles. The lowest BCUT2D eigenvalue weighted by atomic mass is 9.95. The molecule has 46 heavy (non-hydrogen) atoms. The molecule has 1 aliphatic carbocycles. The molecule has 1 N–H and O–H groups in total. The van der Waals surface area contributed by atoms with Crippen LogP contribution in [0.2, 0.25) is 10.0 Å². The Morgan fingerprint density at radius 2 is 1.57 bits per heavy atom. The zero-order chi connectivity index (χ0) is 33.4. The molecule has 1 atom stereocenters. The van der Waals surface area contributed by atoms with Crippen LogP contribution in [0.25, 0.3) is 0 Å². The van der Waals surface area contributed by atoms with Crippen molar-refractivity contribution in [3.8, 4) is 11.5 Å². The van der Waals surface area contributed by atoms with Crippen LogP contribution in [0.15, 0.2) is 65.6 Å². The van der Waals surface area contributed by atoms with Gasteiger partial charge in [0.25, 0.3) is 10.0 Å². The molecular weight excluding hydrogens is 649 g/mol. The molecule has 3 aromatic carbocycles. The van der Waals surface area contributed by atoms with Crippen LogP contribution >= 0.6 is 23.2 Å². The van der Waals surface area contributed by atoms with Crippen LogP contribution in [0, 0.1) is 6.92 Å². The van der Waals surface area contributed by atoms with Crippen LogP contribution < -0.4 is 19.1 Å². The zero-order valence-electron chi connectivity index (χ0n) is 26.6. The van der Waals surface area contributed by atoms with Crippen LogP contribution in [0.1, 0.15) is 56.6 Å². The number of amides is 2. The number of sulfonamides is 1. The van der Waals surface area contributed by atoms with Crippen molar-refractivity contribution in [1.29, 1.82) is 0 Å². The van der Waals surface area contributed by atoms with E-state index in [1.54, 1.807) is 42.5 Å². The minimum Gasteiger partial charge on any atom is -0.493 e. The van der Waals surface area contributed by atoms with E-state index >= 15 is 0 Å². The largest absolute Gasteiger partial charge is 0.493 e. The SMILES string of the molecule is CC[C@H](C(=O)NC1CCCCC1)N(Cc1c(Cl)cccc1Cl)C(=O)CN(c1ccc(OC)c(OC)c1)S(=O)(=O)c1ccc(C)cc1. The van der Waals surface area contributed by atoms with Crippen LogP contribution in [0.4, 0.5) is 5.69 Å². The fourth-order valence-corrected chi connectivity index (χ4v) is 7.59. The van der Waals surface area contributed by atoms with Gasteiger partial charge in [-0.3, -0.25) is 13.9 Å². The van der Waals surface area contributed by atoms with Crippen LogP contribution in [-0.2, 0) is 26.2 Å². The van der Waals surface area contributed by atoms with E-state index < -0.39 is 28.5 Å².